The van der Waals surface area contributed by atoms with Crippen LogP contribution < -0.4 is 9.64 Å². The molecule has 1 atom stereocenters. The normalized spacial score (nSPS) is 18.9. The van der Waals surface area contributed by atoms with Crippen molar-refractivity contribution in [3.05, 3.63) is 46.2 Å². The lowest BCUT2D eigenvalue weighted by atomic mass is 9.97. The molecule has 0 saturated heterocycles. The Labute approximate surface area is 172 Å². The first-order valence-electron chi connectivity index (χ1n) is 7.99. The molecule has 4 rings (SSSR count). The molecule has 1 aliphatic rings. The van der Waals surface area contributed by atoms with Crippen molar-refractivity contribution in [2.24, 2.45) is 0 Å². The second kappa shape index (κ2) is 6.58. The number of aliphatic carboxylic acids is 1. The molecular formula is C18H11Cl2FN2O4S. The Balaban J connectivity index is 1.93. The largest absolute Gasteiger partial charge is 0.481 e. The molecule has 6 nitrogen and oxygen atoms in total. The van der Waals surface area contributed by atoms with Gasteiger partial charge in [0.05, 0.1) is 32.4 Å². The van der Waals surface area contributed by atoms with Gasteiger partial charge in [0.2, 0.25) is 0 Å². The SMILES string of the molecule is CC1(CC(=O)O)Oc2c(F)cccc2N(c2nc3cc(Cl)c(Cl)cc3s2)C1=O. The van der Waals surface area contributed by atoms with Crippen molar-refractivity contribution in [3.8, 4) is 5.75 Å². The Morgan fingerprint density at radius 1 is 1.36 bits per heavy atom. The summed E-state index contributed by atoms with van der Waals surface area (Å²) in [4.78, 5) is 30.1. The van der Waals surface area contributed by atoms with Crippen LogP contribution in [0.4, 0.5) is 15.2 Å². The van der Waals surface area contributed by atoms with Gasteiger partial charge in [-0.15, -0.1) is 0 Å². The predicted octanol–water partition coefficient (Wildman–Crippen LogP) is 5.03. The van der Waals surface area contributed by atoms with Gasteiger partial charge in [-0.25, -0.2) is 14.3 Å². The van der Waals surface area contributed by atoms with Crippen LogP contribution in [0.15, 0.2) is 30.3 Å². The summed E-state index contributed by atoms with van der Waals surface area (Å²) >= 11 is 13.2. The molecule has 144 valence electrons. The number of fused-ring (bicyclic) bond motifs is 2. The van der Waals surface area contributed by atoms with Gasteiger partial charge in [0, 0.05) is 0 Å². The zero-order chi connectivity index (χ0) is 20.2. The molecule has 0 fully saturated rings. The molecule has 1 aliphatic heterocycles. The van der Waals surface area contributed by atoms with Gasteiger partial charge >= 0.3 is 5.97 Å². The molecule has 10 heteroatoms. The molecule has 3 aromatic rings. The maximum absolute atomic E-state index is 14.4. The van der Waals surface area contributed by atoms with Gasteiger partial charge in [-0.05, 0) is 31.2 Å². The van der Waals surface area contributed by atoms with Gasteiger partial charge in [0.1, 0.15) is 0 Å². The van der Waals surface area contributed by atoms with Crippen LogP contribution in [-0.4, -0.2) is 27.6 Å². The van der Waals surface area contributed by atoms with Crippen LogP contribution >= 0.6 is 34.5 Å². The van der Waals surface area contributed by atoms with Crippen LogP contribution in [0, 0.1) is 5.82 Å². The van der Waals surface area contributed by atoms with E-state index in [9.17, 15) is 19.1 Å². The number of anilines is 2. The van der Waals surface area contributed by atoms with Gasteiger partial charge in [0.25, 0.3) is 5.91 Å². The van der Waals surface area contributed by atoms with E-state index in [2.05, 4.69) is 4.98 Å². The van der Waals surface area contributed by atoms with Crippen molar-refractivity contribution in [2.75, 3.05) is 4.90 Å². The first-order chi connectivity index (χ1) is 13.2. The summed E-state index contributed by atoms with van der Waals surface area (Å²) in [5, 5.41) is 10.1. The molecule has 0 spiro atoms. The number of nitrogens with zero attached hydrogens (tertiary/aromatic N) is 2. The number of halogens is 3. The highest BCUT2D eigenvalue weighted by atomic mass is 35.5. The first kappa shape index (κ1) is 18.9. The molecule has 2 aromatic carbocycles. The molecule has 1 amide bonds. The zero-order valence-electron chi connectivity index (χ0n) is 14.2. The van der Waals surface area contributed by atoms with Crippen LogP contribution in [0.25, 0.3) is 10.2 Å². The third kappa shape index (κ3) is 2.97. The Morgan fingerprint density at radius 3 is 2.79 bits per heavy atom. The molecule has 0 saturated carbocycles. The summed E-state index contributed by atoms with van der Waals surface area (Å²) < 4.78 is 20.6. The number of thiazole rings is 1. The molecule has 0 bridgehead atoms. The standard InChI is InChI=1S/C18H11Cl2FN2O4S/c1-18(7-14(24)25)16(26)23(12-4-2-3-10(21)15(12)27-18)17-22-11-5-8(19)9(20)6-13(11)28-17/h2-6H,7H2,1H3,(H,24,25). The van der Waals surface area contributed by atoms with Crippen LogP contribution in [0.3, 0.4) is 0 Å². The van der Waals surface area contributed by atoms with E-state index < -0.39 is 29.7 Å². The minimum Gasteiger partial charge on any atom is -0.481 e. The molecule has 0 radical (unpaired) electrons. The van der Waals surface area contributed by atoms with Crippen molar-refractivity contribution >= 4 is 67.5 Å². The molecule has 2 heterocycles. The maximum atomic E-state index is 14.4. The Morgan fingerprint density at radius 2 is 2.07 bits per heavy atom. The van der Waals surface area contributed by atoms with Crippen molar-refractivity contribution in [2.45, 2.75) is 18.9 Å². The number of carboxylic acids is 1. The van der Waals surface area contributed by atoms with Crippen molar-refractivity contribution < 1.29 is 23.8 Å². The quantitative estimate of drug-likeness (QED) is 0.617. The number of carbonyl (C=O) groups excluding carboxylic acids is 1. The first-order valence-corrected chi connectivity index (χ1v) is 9.56. The van der Waals surface area contributed by atoms with Gasteiger partial charge < -0.3 is 9.84 Å². The lowest BCUT2D eigenvalue weighted by molar-refractivity contribution is -0.148. The smallest absolute Gasteiger partial charge is 0.307 e. The van der Waals surface area contributed by atoms with E-state index in [1.807, 2.05) is 0 Å². The lowest BCUT2D eigenvalue weighted by Crippen LogP contribution is -2.54. The van der Waals surface area contributed by atoms with Gasteiger partial charge in [0.15, 0.2) is 22.3 Å². The summed E-state index contributed by atoms with van der Waals surface area (Å²) in [6, 6.07) is 7.29. The molecule has 1 aromatic heterocycles. The van der Waals surface area contributed by atoms with E-state index in [1.165, 1.54) is 30.0 Å². The average molecular weight is 441 g/mol. The summed E-state index contributed by atoms with van der Waals surface area (Å²) in [7, 11) is 0. The van der Waals surface area contributed by atoms with E-state index in [1.54, 1.807) is 12.1 Å². The number of para-hydroxylation sites is 1. The highest BCUT2D eigenvalue weighted by molar-refractivity contribution is 7.22. The second-order valence-corrected chi connectivity index (χ2v) is 8.19. The van der Waals surface area contributed by atoms with E-state index >= 15 is 0 Å². The second-order valence-electron chi connectivity index (χ2n) is 6.36. The van der Waals surface area contributed by atoms with E-state index in [0.717, 1.165) is 11.3 Å². The highest BCUT2D eigenvalue weighted by Crippen LogP contribution is 2.46. The number of aromatic nitrogens is 1. The Bertz CT molecular complexity index is 1110. The Kier molecular flexibility index (Phi) is 4.45. The monoisotopic (exact) mass is 440 g/mol. The number of ether oxygens (including phenoxy) is 1. The minimum atomic E-state index is -1.80. The van der Waals surface area contributed by atoms with Gasteiger partial charge in [-0.3, -0.25) is 9.59 Å². The van der Waals surface area contributed by atoms with E-state index in [4.69, 9.17) is 27.9 Å². The summed E-state index contributed by atoms with van der Waals surface area (Å²) in [6.45, 7) is 1.31. The van der Waals surface area contributed by atoms with Crippen LogP contribution in [0.5, 0.6) is 5.75 Å². The van der Waals surface area contributed by atoms with Crippen LogP contribution in [-0.2, 0) is 9.59 Å². The lowest BCUT2D eigenvalue weighted by Gasteiger charge is -2.38. The maximum Gasteiger partial charge on any atom is 0.307 e. The fraction of sp³-hybridized carbons (Fsp3) is 0.167. The Hall–Kier alpha value is -2.42. The van der Waals surface area contributed by atoms with Crippen molar-refractivity contribution in [1.29, 1.82) is 0 Å². The third-order valence-electron chi connectivity index (χ3n) is 4.27. The number of carboxylic acid groups (broad SMARTS) is 1. The summed E-state index contributed by atoms with van der Waals surface area (Å²) in [5.41, 5.74) is -1.15. The number of benzene rings is 2. The topological polar surface area (TPSA) is 79.7 Å². The molecular weight excluding hydrogens is 430 g/mol. The minimum absolute atomic E-state index is 0.143. The fourth-order valence-corrected chi connectivity index (χ4v) is 4.37. The molecule has 0 aliphatic carbocycles. The molecule has 28 heavy (non-hydrogen) atoms. The summed E-state index contributed by atoms with van der Waals surface area (Å²) in [6.07, 6.45) is -0.640. The fourth-order valence-electron chi connectivity index (χ4n) is 2.99. The average Bonchev–Trinajstić information content (AvgIpc) is 2.99. The van der Waals surface area contributed by atoms with Crippen molar-refractivity contribution in [3.63, 3.8) is 0 Å². The van der Waals surface area contributed by atoms with E-state index in [-0.39, 0.29) is 16.6 Å². The van der Waals surface area contributed by atoms with Gasteiger partial charge in [-0.1, -0.05) is 40.6 Å². The number of hydrogen-bond donors (Lipinski definition) is 1. The molecule has 1 unspecified atom stereocenters. The predicted molar refractivity (Wildman–Crippen MR) is 104 cm³/mol. The summed E-state index contributed by atoms with van der Waals surface area (Å²) in [5.74, 6) is -2.83. The number of rotatable bonds is 3. The van der Waals surface area contributed by atoms with Gasteiger partial charge in [-0.2, -0.15) is 0 Å². The number of hydrogen-bond acceptors (Lipinski definition) is 5. The van der Waals surface area contributed by atoms with Crippen LogP contribution in [0.2, 0.25) is 10.0 Å². The third-order valence-corrected chi connectivity index (χ3v) is 5.99. The van der Waals surface area contributed by atoms with E-state index in [0.29, 0.717) is 20.3 Å². The molecule has 1 N–H and O–H groups in total. The van der Waals surface area contributed by atoms with Crippen molar-refractivity contribution in [1.82, 2.24) is 4.98 Å². The number of amides is 1. The highest BCUT2D eigenvalue weighted by Gasteiger charge is 2.48. The number of carbonyl (C=O) groups is 2. The zero-order valence-corrected chi connectivity index (χ0v) is 16.5. The van der Waals surface area contributed by atoms with Crippen LogP contribution in [0.1, 0.15) is 13.3 Å².